The van der Waals surface area contributed by atoms with E-state index in [1.54, 1.807) is 0 Å². The fraction of sp³-hybridized carbons (Fsp3) is 0.923. The number of rotatable bonds is 10. The Balaban J connectivity index is 0.000000362. The van der Waals surface area contributed by atoms with Gasteiger partial charge in [0, 0.05) is 14.1 Å². The standard InChI is InChI=1S/C14H27NO3S.C12H23NO3S/c1-5-6-11-19(17,18)14(12(16)15-4)9-7-13(2,3)8-10-14;1-3-4-10-17(15,16)12(11(14)13-2)8-6-5-7-9-12/h5-11H2,1-4H3,(H,15,16);3-10H2,1-2H3,(H,13,14). The molecular weight excluding hydrogens is 500 g/mol. The van der Waals surface area contributed by atoms with Gasteiger partial charge in [-0.3, -0.25) is 9.59 Å². The maximum atomic E-state index is 12.6. The molecule has 0 saturated heterocycles. The van der Waals surface area contributed by atoms with E-state index in [0.29, 0.717) is 38.5 Å². The highest BCUT2D eigenvalue weighted by molar-refractivity contribution is 7.93. The van der Waals surface area contributed by atoms with Gasteiger partial charge in [-0.25, -0.2) is 16.8 Å². The van der Waals surface area contributed by atoms with Crippen molar-refractivity contribution in [1.82, 2.24) is 10.6 Å². The Morgan fingerprint density at radius 1 is 0.639 bits per heavy atom. The normalized spacial score (nSPS) is 20.9. The van der Waals surface area contributed by atoms with Crippen molar-refractivity contribution in [3.05, 3.63) is 0 Å². The minimum atomic E-state index is -3.38. The summed E-state index contributed by atoms with van der Waals surface area (Å²) >= 11 is 0. The molecular formula is C26H50N2O6S2. The van der Waals surface area contributed by atoms with Crippen LogP contribution < -0.4 is 10.6 Å². The zero-order valence-electron chi connectivity index (χ0n) is 23.4. The minimum absolute atomic E-state index is 0.122. The molecule has 0 aromatic carbocycles. The smallest absolute Gasteiger partial charge is 0.241 e. The minimum Gasteiger partial charge on any atom is -0.358 e. The molecule has 0 heterocycles. The quantitative estimate of drug-likeness (QED) is 0.424. The lowest BCUT2D eigenvalue weighted by Gasteiger charge is -2.41. The summed E-state index contributed by atoms with van der Waals surface area (Å²) < 4.78 is 47.7. The van der Waals surface area contributed by atoms with E-state index >= 15 is 0 Å². The predicted molar refractivity (Wildman–Crippen MR) is 146 cm³/mol. The molecule has 2 fully saturated rings. The molecule has 2 amide bonds. The number of sulfone groups is 2. The average Bonchev–Trinajstić information content (AvgIpc) is 2.86. The maximum Gasteiger partial charge on any atom is 0.241 e. The van der Waals surface area contributed by atoms with Crippen molar-refractivity contribution in [1.29, 1.82) is 0 Å². The van der Waals surface area contributed by atoms with E-state index in [9.17, 15) is 26.4 Å². The molecule has 0 aromatic rings. The van der Waals surface area contributed by atoms with Gasteiger partial charge in [-0.15, -0.1) is 0 Å². The van der Waals surface area contributed by atoms with Gasteiger partial charge in [0.05, 0.1) is 11.5 Å². The molecule has 2 N–H and O–H groups in total. The summed E-state index contributed by atoms with van der Waals surface area (Å²) in [5.41, 5.74) is 0.137. The third-order valence-corrected chi connectivity index (χ3v) is 13.3. The molecule has 0 aromatic heterocycles. The van der Waals surface area contributed by atoms with Crippen molar-refractivity contribution in [3.8, 4) is 0 Å². The van der Waals surface area contributed by atoms with Crippen LogP contribution in [0.3, 0.4) is 0 Å². The van der Waals surface area contributed by atoms with Gasteiger partial charge >= 0.3 is 0 Å². The SMILES string of the molecule is CCCCS(=O)(=O)C1(C(=O)NC)CCC(C)(C)CC1.CCCCS(=O)(=O)C1(C(=O)NC)CCCCC1. The Morgan fingerprint density at radius 2 is 1.00 bits per heavy atom. The number of hydrogen-bond acceptors (Lipinski definition) is 6. The zero-order valence-corrected chi connectivity index (χ0v) is 25.0. The van der Waals surface area contributed by atoms with Gasteiger partial charge in [0.25, 0.3) is 0 Å². The van der Waals surface area contributed by atoms with E-state index in [2.05, 4.69) is 24.5 Å². The van der Waals surface area contributed by atoms with Crippen LogP contribution in [0.1, 0.15) is 111 Å². The fourth-order valence-electron chi connectivity index (χ4n) is 5.33. The molecule has 36 heavy (non-hydrogen) atoms. The molecule has 8 nitrogen and oxygen atoms in total. The summed E-state index contributed by atoms with van der Waals surface area (Å²) in [5.74, 6) is -0.374. The molecule has 10 heteroatoms. The topological polar surface area (TPSA) is 126 Å². The van der Waals surface area contributed by atoms with E-state index < -0.39 is 29.2 Å². The highest BCUT2D eigenvalue weighted by Crippen LogP contribution is 2.44. The van der Waals surface area contributed by atoms with Gasteiger partial charge in [0.15, 0.2) is 29.2 Å². The van der Waals surface area contributed by atoms with Crippen molar-refractivity contribution < 1.29 is 26.4 Å². The largest absolute Gasteiger partial charge is 0.358 e. The molecule has 2 aliphatic rings. The molecule has 0 atom stereocenters. The van der Waals surface area contributed by atoms with Crippen molar-refractivity contribution in [3.63, 3.8) is 0 Å². The van der Waals surface area contributed by atoms with Crippen LogP contribution >= 0.6 is 0 Å². The summed E-state index contributed by atoms with van der Waals surface area (Å²) in [6.07, 6.45) is 9.06. The van der Waals surface area contributed by atoms with Crippen molar-refractivity contribution in [2.45, 2.75) is 121 Å². The van der Waals surface area contributed by atoms with Crippen LogP contribution in [0.5, 0.6) is 0 Å². The van der Waals surface area contributed by atoms with Gasteiger partial charge < -0.3 is 10.6 Å². The number of hydrogen-bond donors (Lipinski definition) is 2. The van der Waals surface area contributed by atoms with E-state index in [4.69, 9.17) is 0 Å². The first-order chi connectivity index (χ1) is 16.7. The van der Waals surface area contributed by atoms with Crippen LogP contribution in [0.25, 0.3) is 0 Å². The number of amides is 2. The van der Waals surface area contributed by atoms with E-state index in [0.717, 1.165) is 44.9 Å². The van der Waals surface area contributed by atoms with Gasteiger partial charge in [0.1, 0.15) is 0 Å². The Bertz CT molecular complexity index is 925. The number of carbonyl (C=O) groups is 2. The second kappa shape index (κ2) is 13.6. The number of unbranched alkanes of at least 4 members (excludes halogenated alkanes) is 2. The number of carbonyl (C=O) groups excluding carboxylic acids is 2. The first-order valence-corrected chi connectivity index (χ1v) is 16.9. The molecule has 2 aliphatic carbocycles. The maximum absolute atomic E-state index is 12.6. The Hall–Kier alpha value is -1.16. The summed E-state index contributed by atoms with van der Waals surface area (Å²) in [7, 11) is -3.66. The van der Waals surface area contributed by atoms with Crippen molar-refractivity contribution >= 4 is 31.5 Å². The second-order valence-corrected chi connectivity index (χ2v) is 16.1. The summed E-state index contributed by atoms with van der Waals surface area (Å²) in [4.78, 5) is 24.2. The lowest BCUT2D eigenvalue weighted by Crippen LogP contribution is -2.55. The Morgan fingerprint density at radius 3 is 1.33 bits per heavy atom. The molecule has 212 valence electrons. The van der Waals surface area contributed by atoms with E-state index in [1.165, 1.54) is 14.1 Å². The molecule has 0 unspecified atom stereocenters. The molecule has 2 saturated carbocycles. The van der Waals surface area contributed by atoms with Crippen LogP contribution in [0.4, 0.5) is 0 Å². The van der Waals surface area contributed by atoms with E-state index in [-0.39, 0.29) is 28.7 Å². The van der Waals surface area contributed by atoms with Crippen LogP contribution in [-0.2, 0) is 29.3 Å². The lowest BCUT2D eigenvalue weighted by atomic mass is 9.72. The van der Waals surface area contributed by atoms with Gasteiger partial charge in [-0.1, -0.05) is 59.8 Å². The van der Waals surface area contributed by atoms with Crippen LogP contribution in [0.2, 0.25) is 0 Å². The van der Waals surface area contributed by atoms with E-state index in [1.807, 2.05) is 13.8 Å². The zero-order chi connectivity index (χ0) is 27.7. The third kappa shape index (κ3) is 7.45. The van der Waals surface area contributed by atoms with Gasteiger partial charge in [-0.05, 0) is 56.8 Å². The molecule has 0 radical (unpaired) electrons. The third-order valence-electron chi connectivity index (χ3n) is 8.08. The first kappa shape index (κ1) is 32.9. The monoisotopic (exact) mass is 550 g/mol. The molecule has 2 rings (SSSR count). The number of nitrogens with one attached hydrogen (secondary N) is 2. The summed E-state index contributed by atoms with van der Waals surface area (Å²) in [5, 5.41) is 5.11. The summed E-state index contributed by atoms with van der Waals surface area (Å²) in [6.45, 7) is 8.20. The Labute approximate surface area is 220 Å². The molecule has 0 spiro atoms. The van der Waals surface area contributed by atoms with Gasteiger partial charge in [-0.2, -0.15) is 0 Å². The average molecular weight is 551 g/mol. The summed E-state index contributed by atoms with van der Waals surface area (Å²) in [6, 6.07) is 0. The second-order valence-electron chi connectivity index (χ2n) is 11.2. The van der Waals surface area contributed by atoms with Crippen LogP contribution in [-0.4, -0.2) is 63.7 Å². The highest BCUT2D eigenvalue weighted by atomic mass is 32.2. The first-order valence-electron chi connectivity index (χ1n) is 13.6. The van der Waals surface area contributed by atoms with Crippen LogP contribution in [0.15, 0.2) is 0 Å². The predicted octanol–water partition coefficient (Wildman–Crippen LogP) is 3.94. The lowest BCUT2D eigenvalue weighted by molar-refractivity contribution is -0.125. The molecule has 0 aliphatic heterocycles. The van der Waals surface area contributed by atoms with Crippen molar-refractivity contribution in [2.75, 3.05) is 25.6 Å². The van der Waals surface area contributed by atoms with Crippen molar-refractivity contribution in [2.24, 2.45) is 5.41 Å². The van der Waals surface area contributed by atoms with Gasteiger partial charge in [0.2, 0.25) is 11.8 Å². The fourth-order valence-corrected chi connectivity index (χ4v) is 9.95. The van der Waals surface area contributed by atoms with Crippen LogP contribution in [0, 0.1) is 5.41 Å². The molecule has 0 bridgehead atoms. The Kier molecular flexibility index (Phi) is 12.4. The highest BCUT2D eigenvalue weighted by Gasteiger charge is 2.52.